The topological polar surface area (TPSA) is 57.5 Å². The van der Waals surface area contributed by atoms with Gasteiger partial charge in [-0.05, 0) is 0 Å². The lowest BCUT2D eigenvalue weighted by molar-refractivity contribution is 0.101. The maximum atomic E-state index is 11.1. The SMILES string of the molecule is O=C(CB(O)O)c1ccccc1. The fourth-order valence-electron chi connectivity index (χ4n) is 0.908. The summed E-state index contributed by atoms with van der Waals surface area (Å²) in [4.78, 5) is 11.1. The first-order chi connectivity index (χ1) is 5.70. The van der Waals surface area contributed by atoms with E-state index in [1.165, 1.54) is 0 Å². The average molecular weight is 164 g/mol. The molecule has 0 aromatic heterocycles. The quantitative estimate of drug-likeness (QED) is 0.500. The molecule has 1 aromatic rings. The maximum Gasteiger partial charge on any atom is 0.459 e. The van der Waals surface area contributed by atoms with Crippen LogP contribution in [0.1, 0.15) is 10.4 Å². The summed E-state index contributed by atoms with van der Waals surface area (Å²) >= 11 is 0. The highest BCUT2D eigenvalue weighted by atomic mass is 16.4. The van der Waals surface area contributed by atoms with E-state index in [0.717, 1.165) is 0 Å². The Hall–Kier alpha value is -1.13. The number of rotatable bonds is 3. The van der Waals surface area contributed by atoms with Crippen molar-refractivity contribution < 1.29 is 14.8 Å². The van der Waals surface area contributed by atoms with Crippen LogP contribution in [0.5, 0.6) is 0 Å². The maximum absolute atomic E-state index is 11.1. The molecule has 4 heteroatoms. The van der Waals surface area contributed by atoms with Crippen LogP contribution in [0.25, 0.3) is 0 Å². The van der Waals surface area contributed by atoms with E-state index < -0.39 is 7.12 Å². The lowest BCUT2D eigenvalue weighted by Crippen LogP contribution is -2.16. The third-order valence-corrected chi connectivity index (χ3v) is 1.46. The van der Waals surface area contributed by atoms with Crippen LogP contribution in [0.4, 0.5) is 0 Å². The van der Waals surface area contributed by atoms with Gasteiger partial charge in [-0.2, -0.15) is 0 Å². The van der Waals surface area contributed by atoms with Crippen LogP contribution in [0.15, 0.2) is 30.3 Å². The number of carbonyl (C=O) groups excluding carboxylic acids is 1. The zero-order valence-corrected chi connectivity index (χ0v) is 6.47. The van der Waals surface area contributed by atoms with Gasteiger partial charge < -0.3 is 10.0 Å². The Morgan fingerprint density at radius 1 is 1.25 bits per heavy atom. The molecule has 0 aliphatic heterocycles. The van der Waals surface area contributed by atoms with Crippen LogP contribution in [-0.2, 0) is 0 Å². The molecular formula is C8H9BO3. The molecule has 0 heterocycles. The fraction of sp³-hybridized carbons (Fsp3) is 0.125. The highest BCUT2D eigenvalue weighted by molar-refractivity contribution is 6.47. The third-order valence-electron chi connectivity index (χ3n) is 1.46. The Kier molecular flexibility index (Phi) is 3.02. The van der Waals surface area contributed by atoms with Gasteiger partial charge in [-0.15, -0.1) is 0 Å². The van der Waals surface area contributed by atoms with E-state index in [1.807, 2.05) is 0 Å². The molecular weight excluding hydrogens is 155 g/mol. The van der Waals surface area contributed by atoms with Gasteiger partial charge in [-0.25, -0.2) is 0 Å². The van der Waals surface area contributed by atoms with Gasteiger partial charge in [0.1, 0.15) is 0 Å². The Balaban J connectivity index is 2.66. The first-order valence-corrected chi connectivity index (χ1v) is 3.64. The van der Waals surface area contributed by atoms with Crippen molar-refractivity contribution in [2.75, 3.05) is 0 Å². The predicted molar refractivity (Wildman–Crippen MR) is 45.8 cm³/mol. The second kappa shape index (κ2) is 4.04. The van der Waals surface area contributed by atoms with Crippen LogP contribution >= 0.6 is 0 Å². The number of ketones is 1. The number of benzene rings is 1. The molecule has 0 amide bonds. The minimum atomic E-state index is -1.56. The molecule has 0 radical (unpaired) electrons. The molecule has 62 valence electrons. The molecule has 0 fully saturated rings. The molecule has 1 aromatic carbocycles. The van der Waals surface area contributed by atoms with Crippen molar-refractivity contribution in [3.8, 4) is 0 Å². The first-order valence-electron chi connectivity index (χ1n) is 3.64. The molecule has 3 nitrogen and oxygen atoms in total. The fourth-order valence-corrected chi connectivity index (χ4v) is 0.908. The summed E-state index contributed by atoms with van der Waals surface area (Å²) in [6, 6.07) is 8.55. The molecule has 0 aliphatic rings. The smallest absolute Gasteiger partial charge is 0.427 e. The predicted octanol–water partition coefficient (Wildman–Crippen LogP) is 0.342. The average Bonchev–Trinajstić information content (AvgIpc) is 2.05. The van der Waals surface area contributed by atoms with Gasteiger partial charge in [0.25, 0.3) is 0 Å². The largest absolute Gasteiger partial charge is 0.459 e. The van der Waals surface area contributed by atoms with Gasteiger partial charge in [0.05, 0.1) is 0 Å². The van der Waals surface area contributed by atoms with Crippen molar-refractivity contribution in [2.24, 2.45) is 0 Å². The highest BCUT2D eigenvalue weighted by Gasteiger charge is 2.14. The van der Waals surface area contributed by atoms with Crippen molar-refractivity contribution in [3.05, 3.63) is 35.9 Å². The van der Waals surface area contributed by atoms with Crippen LogP contribution in [0.2, 0.25) is 6.32 Å². The molecule has 1 rings (SSSR count). The molecule has 0 aliphatic carbocycles. The zero-order chi connectivity index (χ0) is 8.97. The second-order valence-corrected chi connectivity index (χ2v) is 2.47. The number of hydrogen-bond acceptors (Lipinski definition) is 3. The Morgan fingerprint density at radius 2 is 1.83 bits per heavy atom. The molecule has 0 bridgehead atoms. The molecule has 0 spiro atoms. The molecule has 0 saturated carbocycles. The first kappa shape index (κ1) is 8.97. The van der Waals surface area contributed by atoms with Gasteiger partial charge in [0.2, 0.25) is 0 Å². The number of hydrogen-bond donors (Lipinski definition) is 2. The van der Waals surface area contributed by atoms with E-state index in [0.29, 0.717) is 5.56 Å². The van der Waals surface area contributed by atoms with Gasteiger partial charge in [-0.3, -0.25) is 4.79 Å². The minimum absolute atomic E-state index is 0.246. The Bertz CT molecular complexity index is 258. The van der Waals surface area contributed by atoms with Crippen LogP contribution < -0.4 is 0 Å². The lowest BCUT2D eigenvalue weighted by Gasteiger charge is -1.98. The molecule has 12 heavy (non-hydrogen) atoms. The van der Waals surface area contributed by atoms with Crippen molar-refractivity contribution in [1.29, 1.82) is 0 Å². The van der Waals surface area contributed by atoms with Gasteiger partial charge >= 0.3 is 7.12 Å². The standard InChI is InChI=1S/C8H9BO3/c10-8(6-9(11)12)7-4-2-1-3-5-7/h1-5,11-12H,6H2. The lowest BCUT2D eigenvalue weighted by atomic mass is 9.82. The van der Waals surface area contributed by atoms with Crippen molar-refractivity contribution in [3.63, 3.8) is 0 Å². The van der Waals surface area contributed by atoms with Crippen LogP contribution in [0.3, 0.4) is 0 Å². The summed E-state index contributed by atoms with van der Waals surface area (Å²) in [5.41, 5.74) is 0.505. The summed E-state index contributed by atoms with van der Waals surface area (Å²) in [7, 11) is -1.56. The van der Waals surface area contributed by atoms with Crippen LogP contribution in [0, 0.1) is 0 Å². The monoisotopic (exact) mass is 164 g/mol. The Labute approximate surface area is 70.8 Å². The summed E-state index contributed by atoms with van der Waals surface area (Å²) in [5.74, 6) is -0.259. The van der Waals surface area contributed by atoms with Gasteiger partial charge in [0.15, 0.2) is 5.78 Å². The van der Waals surface area contributed by atoms with Gasteiger partial charge in [-0.1, -0.05) is 30.3 Å². The second-order valence-electron chi connectivity index (χ2n) is 2.47. The summed E-state index contributed by atoms with van der Waals surface area (Å²) in [5, 5.41) is 17.0. The van der Waals surface area contributed by atoms with Crippen molar-refractivity contribution in [2.45, 2.75) is 6.32 Å². The van der Waals surface area contributed by atoms with Crippen molar-refractivity contribution >= 4 is 12.9 Å². The summed E-state index contributed by atoms with van der Waals surface area (Å²) in [6.07, 6.45) is -0.246. The van der Waals surface area contributed by atoms with Crippen molar-refractivity contribution in [1.82, 2.24) is 0 Å². The van der Waals surface area contributed by atoms with E-state index in [9.17, 15) is 4.79 Å². The van der Waals surface area contributed by atoms with Gasteiger partial charge in [0, 0.05) is 11.9 Å². The van der Waals surface area contributed by atoms with E-state index in [2.05, 4.69) is 0 Å². The summed E-state index contributed by atoms with van der Waals surface area (Å²) in [6.45, 7) is 0. The molecule has 2 N–H and O–H groups in total. The van der Waals surface area contributed by atoms with Crippen LogP contribution in [-0.4, -0.2) is 22.9 Å². The van der Waals surface area contributed by atoms with E-state index in [1.54, 1.807) is 30.3 Å². The third kappa shape index (κ3) is 2.49. The number of carbonyl (C=O) groups is 1. The molecule has 0 saturated heterocycles. The normalized spacial score (nSPS) is 9.50. The number of Topliss-reactive ketones (excluding diaryl/α,β-unsaturated/α-hetero) is 1. The zero-order valence-electron chi connectivity index (χ0n) is 6.47. The molecule has 0 unspecified atom stereocenters. The summed E-state index contributed by atoms with van der Waals surface area (Å²) < 4.78 is 0. The Morgan fingerprint density at radius 3 is 2.33 bits per heavy atom. The highest BCUT2D eigenvalue weighted by Crippen LogP contribution is 2.03. The van der Waals surface area contributed by atoms with E-state index in [-0.39, 0.29) is 12.1 Å². The van der Waals surface area contributed by atoms with E-state index >= 15 is 0 Å². The molecule has 0 atom stereocenters. The minimum Gasteiger partial charge on any atom is -0.427 e. The van der Waals surface area contributed by atoms with E-state index in [4.69, 9.17) is 10.0 Å².